The van der Waals surface area contributed by atoms with Crippen LogP contribution >= 0.6 is 0 Å². The van der Waals surface area contributed by atoms with Crippen LogP contribution in [-0.4, -0.2) is 28.1 Å². The highest BCUT2D eigenvalue weighted by Crippen LogP contribution is 2.11. The number of anilines is 1. The molecule has 0 radical (unpaired) electrons. The van der Waals surface area contributed by atoms with Crippen molar-refractivity contribution in [1.82, 2.24) is 15.1 Å². The Labute approximate surface area is 123 Å². The van der Waals surface area contributed by atoms with E-state index in [9.17, 15) is 9.59 Å². The van der Waals surface area contributed by atoms with Crippen molar-refractivity contribution in [2.45, 2.75) is 13.3 Å². The third-order valence-electron chi connectivity index (χ3n) is 2.93. The fraction of sp³-hybridized carbons (Fsp3) is 0.267. The topological polar surface area (TPSA) is 76.0 Å². The quantitative estimate of drug-likeness (QED) is 0.880. The summed E-state index contributed by atoms with van der Waals surface area (Å²) in [7, 11) is 1.68. The SMILES string of the molecule is CCCNC(=O)c1cc(NC(=O)c2ccccc2)n(C)n1. The molecule has 2 N–H and O–H groups in total. The maximum atomic E-state index is 12.1. The molecule has 1 aromatic carbocycles. The number of amides is 2. The van der Waals surface area contributed by atoms with Gasteiger partial charge in [-0.2, -0.15) is 5.10 Å². The predicted octanol–water partition coefficient (Wildman–Crippen LogP) is 1.81. The zero-order valence-electron chi connectivity index (χ0n) is 12.1. The summed E-state index contributed by atoms with van der Waals surface area (Å²) in [4.78, 5) is 23.9. The molecule has 0 aliphatic heterocycles. The number of hydrogen-bond acceptors (Lipinski definition) is 3. The number of hydrogen-bond donors (Lipinski definition) is 2. The normalized spacial score (nSPS) is 10.2. The van der Waals surface area contributed by atoms with Gasteiger partial charge in [0.15, 0.2) is 5.69 Å². The molecule has 6 nitrogen and oxygen atoms in total. The van der Waals surface area contributed by atoms with Crippen LogP contribution in [0.1, 0.15) is 34.2 Å². The van der Waals surface area contributed by atoms with Gasteiger partial charge in [0.2, 0.25) is 0 Å². The average molecular weight is 286 g/mol. The molecule has 0 bridgehead atoms. The van der Waals surface area contributed by atoms with Crippen molar-refractivity contribution >= 4 is 17.6 Å². The summed E-state index contributed by atoms with van der Waals surface area (Å²) in [5.74, 6) is -0.00252. The number of nitrogens with one attached hydrogen (secondary N) is 2. The molecule has 0 saturated carbocycles. The van der Waals surface area contributed by atoms with Gasteiger partial charge in [0, 0.05) is 25.2 Å². The van der Waals surface area contributed by atoms with Gasteiger partial charge in [0.1, 0.15) is 5.82 Å². The molecule has 6 heteroatoms. The third-order valence-corrected chi connectivity index (χ3v) is 2.93. The van der Waals surface area contributed by atoms with Gasteiger partial charge in [0.25, 0.3) is 11.8 Å². The minimum atomic E-state index is -0.243. The van der Waals surface area contributed by atoms with E-state index in [1.807, 2.05) is 13.0 Å². The first-order valence-electron chi connectivity index (χ1n) is 6.80. The second-order valence-corrected chi connectivity index (χ2v) is 4.61. The summed E-state index contributed by atoms with van der Waals surface area (Å²) >= 11 is 0. The number of rotatable bonds is 5. The highest BCUT2D eigenvalue weighted by molar-refractivity contribution is 6.04. The van der Waals surface area contributed by atoms with E-state index in [4.69, 9.17) is 0 Å². The minimum absolute atomic E-state index is 0.237. The Morgan fingerprint density at radius 1 is 1.19 bits per heavy atom. The Balaban J connectivity index is 2.09. The van der Waals surface area contributed by atoms with Crippen LogP contribution in [0, 0.1) is 0 Å². The number of benzene rings is 1. The van der Waals surface area contributed by atoms with Crippen LogP contribution in [0.5, 0.6) is 0 Å². The zero-order valence-corrected chi connectivity index (χ0v) is 12.1. The third kappa shape index (κ3) is 3.68. The van der Waals surface area contributed by atoms with E-state index < -0.39 is 0 Å². The molecule has 2 amide bonds. The summed E-state index contributed by atoms with van der Waals surface area (Å²) in [6.45, 7) is 2.57. The highest BCUT2D eigenvalue weighted by Gasteiger charge is 2.14. The van der Waals surface area contributed by atoms with Crippen molar-refractivity contribution in [1.29, 1.82) is 0 Å². The monoisotopic (exact) mass is 286 g/mol. The summed E-state index contributed by atoms with van der Waals surface area (Å²) in [6.07, 6.45) is 0.857. The smallest absolute Gasteiger partial charge is 0.271 e. The van der Waals surface area contributed by atoms with Crippen molar-refractivity contribution in [2.75, 3.05) is 11.9 Å². The Kier molecular flexibility index (Phi) is 4.71. The summed E-state index contributed by atoms with van der Waals surface area (Å²) in [5, 5.41) is 9.59. The molecular formula is C15H18N4O2. The van der Waals surface area contributed by atoms with Crippen molar-refractivity contribution in [3.63, 3.8) is 0 Å². The number of nitrogens with zero attached hydrogens (tertiary/aromatic N) is 2. The molecule has 2 rings (SSSR count). The van der Waals surface area contributed by atoms with Crippen LogP contribution in [0.2, 0.25) is 0 Å². The molecule has 0 saturated heterocycles. The van der Waals surface area contributed by atoms with Gasteiger partial charge in [-0.05, 0) is 18.6 Å². The molecule has 0 spiro atoms. The van der Waals surface area contributed by atoms with E-state index in [2.05, 4.69) is 15.7 Å². The van der Waals surface area contributed by atoms with E-state index in [0.717, 1.165) is 6.42 Å². The molecule has 0 atom stereocenters. The standard InChI is InChI=1S/C15H18N4O2/c1-3-9-16-15(21)12-10-13(19(2)18-12)17-14(20)11-7-5-4-6-8-11/h4-8,10H,3,9H2,1-2H3,(H,16,21)(H,17,20). The lowest BCUT2D eigenvalue weighted by Crippen LogP contribution is -2.24. The maximum Gasteiger partial charge on any atom is 0.271 e. The van der Waals surface area contributed by atoms with Crippen LogP contribution in [0.3, 0.4) is 0 Å². The van der Waals surface area contributed by atoms with Crippen molar-refractivity contribution in [3.8, 4) is 0 Å². The van der Waals surface area contributed by atoms with Crippen LogP contribution in [0.15, 0.2) is 36.4 Å². The fourth-order valence-corrected chi connectivity index (χ4v) is 1.80. The Hall–Kier alpha value is -2.63. The Bertz CT molecular complexity index is 634. The van der Waals surface area contributed by atoms with E-state index in [1.54, 1.807) is 37.4 Å². The first-order valence-corrected chi connectivity index (χ1v) is 6.80. The summed E-state index contributed by atoms with van der Waals surface area (Å²) in [6, 6.07) is 10.4. The molecule has 0 aliphatic rings. The minimum Gasteiger partial charge on any atom is -0.351 e. The molecule has 0 fully saturated rings. The molecular weight excluding hydrogens is 268 g/mol. The second-order valence-electron chi connectivity index (χ2n) is 4.61. The van der Waals surface area contributed by atoms with Crippen molar-refractivity contribution in [3.05, 3.63) is 47.7 Å². The summed E-state index contributed by atoms with van der Waals surface area (Å²) in [5.41, 5.74) is 0.838. The van der Waals surface area contributed by atoms with Crippen LogP contribution in [0.25, 0.3) is 0 Å². The largest absolute Gasteiger partial charge is 0.351 e. The van der Waals surface area contributed by atoms with Gasteiger partial charge in [0.05, 0.1) is 0 Å². The lowest BCUT2D eigenvalue weighted by atomic mass is 10.2. The van der Waals surface area contributed by atoms with Gasteiger partial charge in [-0.25, -0.2) is 0 Å². The van der Waals surface area contributed by atoms with E-state index in [0.29, 0.717) is 17.9 Å². The van der Waals surface area contributed by atoms with Gasteiger partial charge in [-0.1, -0.05) is 25.1 Å². The molecule has 0 unspecified atom stereocenters. The summed E-state index contributed by atoms with van der Waals surface area (Å²) < 4.78 is 1.47. The second kappa shape index (κ2) is 6.69. The lowest BCUT2D eigenvalue weighted by molar-refractivity contribution is 0.0947. The fourth-order valence-electron chi connectivity index (χ4n) is 1.80. The van der Waals surface area contributed by atoms with Crippen molar-refractivity contribution < 1.29 is 9.59 Å². The van der Waals surface area contributed by atoms with Gasteiger partial charge in [-0.15, -0.1) is 0 Å². The van der Waals surface area contributed by atoms with Crippen molar-refractivity contribution in [2.24, 2.45) is 7.05 Å². The molecule has 21 heavy (non-hydrogen) atoms. The first-order chi connectivity index (χ1) is 10.1. The Morgan fingerprint density at radius 3 is 2.57 bits per heavy atom. The molecule has 2 aromatic rings. The van der Waals surface area contributed by atoms with Gasteiger partial charge >= 0.3 is 0 Å². The zero-order chi connectivity index (χ0) is 15.2. The van der Waals surface area contributed by atoms with Crippen LogP contribution in [-0.2, 0) is 7.05 Å². The van der Waals surface area contributed by atoms with Gasteiger partial charge < -0.3 is 10.6 Å². The first kappa shape index (κ1) is 14.8. The lowest BCUT2D eigenvalue weighted by Gasteiger charge is -2.04. The molecule has 110 valence electrons. The predicted molar refractivity (Wildman–Crippen MR) is 80.2 cm³/mol. The molecule has 1 heterocycles. The number of carbonyl (C=O) groups is 2. The molecule has 1 aromatic heterocycles. The van der Waals surface area contributed by atoms with E-state index in [-0.39, 0.29) is 17.5 Å². The average Bonchev–Trinajstić information content (AvgIpc) is 2.87. The van der Waals surface area contributed by atoms with E-state index >= 15 is 0 Å². The van der Waals surface area contributed by atoms with Crippen LogP contribution < -0.4 is 10.6 Å². The maximum absolute atomic E-state index is 12.1. The number of aryl methyl sites for hydroxylation is 1. The number of aromatic nitrogens is 2. The van der Waals surface area contributed by atoms with Gasteiger partial charge in [-0.3, -0.25) is 14.3 Å². The van der Waals surface area contributed by atoms with E-state index in [1.165, 1.54) is 4.68 Å². The Morgan fingerprint density at radius 2 is 1.90 bits per heavy atom. The van der Waals surface area contributed by atoms with Crippen LogP contribution in [0.4, 0.5) is 5.82 Å². The number of carbonyl (C=O) groups excluding carboxylic acids is 2. The molecule has 0 aliphatic carbocycles. The highest BCUT2D eigenvalue weighted by atomic mass is 16.2.